The van der Waals surface area contributed by atoms with Gasteiger partial charge in [-0.05, 0) is 23.8 Å². The van der Waals surface area contributed by atoms with Crippen molar-refractivity contribution in [3.05, 3.63) is 63.5 Å². The van der Waals surface area contributed by atoms with Gasteiger partial charge in [0.1, 0.15) is 5.65 Å². The normalized spacial score (nSPS) is 10.7. The van der Waals surface area contributed by atoms with Crippen LogP contribution in [0.4, 0.5) is 10.5 Å². The summed E-state index contributed by atoms with van der Waals surface area (Å²) >= 11 is 6.16. The first-order valence-corrected chi connectivity index (χ1v) is 7.37. The number of aromatic hydroxyl groups is 1. The smallest absolute Gasteiger partial charge is 0.316 e. The fraction of sp³-hybridized carbons (Fsp3) is 0.0625. The molecule has 122 valence electrons. The van der Waals surface area contributed by atoms with Crippen LogP contribution in [0.3, 0.4) is 0 Å². The number of halogens is 1. The fourth-order valence-corrected chi connectivity index (χ4v) is 2.64. The van der Waals surface area contributed by atoms with Crippen molar-refractivity contribution in [3.8, 4) is 5.75 Å². The van der Waals surface area contributed by atoms with Crippen LogP contribution in [-0.2, 0) is 6.54 Å². The number of nitrogens with one attached hydrogen (secondary N) is 1. The van der Waals surface area contributed by atoms with Crippen LogP contribution in [0.2, 0.25) is 5.02 Å². The van der Waals surface area contributed by atoms with E-state index in [1.54, 1.807) is 36.4 Å². The van der Waals surface area contributed by atoms with Crippen LogP contribution in [0.5, 0.6) is 5.75 Å². The van der Waals surface area contributed by atoms with Crippen LogP contribution < -0.4 is 16.6 Å². The van der Waals surface area contributed by atoms with Crippen molar-refractivity contribution >= 4 is 34.4 Å². The van der Waals surface area contributed by atoms with Gasteiger partial charge in [-0.25, -0.2) is 9.78 Å². The number of pyridine rings is 2. The molecule has 0 saturated heterocycles. The number of nitrogens with zero attached hydrogens (tertiary/aromatic N) is 2. The summed E-state index contributed by atoms with van der Waals surface area (Å²) in [6, 6.07) is 9.31. The first kappa shape index (κ1) is 15.8. The van der Waals surface area contributed by atoms with E-state index in [0.29, 0.717) is 16.0 Å². The summed E-state index contributed by atoms with van der Waals surface area (Å²) in [5.41, 5.74) is 5.13. The molecule has 1 aromatic carbocycles. The molecule has 0 radical (unpaired) electrons. The van der Waals surface area contributed by atoms with E-state index < -0.39 is 11.6 Å². The summed E-state index contributed by atoms with van der Waals surface area (Å²) in [5.74, 6) is -0.377. The highest BCUT2D eigenvalue weighted by atomic mass is 35.5. The Morgan fingerprint density at radius 3 is 2.75 bits per heavy atom. The number of hydrogen-bond donors (Lipinski definition) is 3. The average Bonchev–Trinajstić information content (AvgIpc) is 2.57. The Morgan fingerprint density at radius 2 is 2.04 bits per heavy atom. The molecule has 0 unspecified atom stereocenters. The molecule has 24 heavy (non-hydrogen) atoms. The molecule has 0 fully saturated rings. The van der Waals surface area contributed by atoms with Crippen LogP contribution in [0.15, 0.2) is 47.4 Å². The number of primary amides is 1. The molecule has 0 bridgehead atoms. The van der Waals surface area contributed by atoms with E-state index >= 15 is 0 Å². The molecule has 0 aliphatic carbocycles. The van der Waals surface area contributed by atoms with E-state index in [2.05, 4.69) is 10.3 Å². The molecule has 3 rings (SSSR count). The highest BCUT2D eigenvalue weighted by Gasteiger charge is 2.18. The van der Waals surface area contributed by atoms with Crippen molar-refractivity contribution in [1.29, 1.82) is 0 Å². The van der Waals surface area contributed by atoms with Crippen LogP contribution in [0.25, 0.3) is 11.0 Å². The topological polar surface area (TPSA) is 110 Å². The van der Waals surface area contributed by atoms with Crippen LogP contribution in [-0.4, -0.2) is 20.7 Å². The number of aromatic nitrogens is 2. The maximum Gasteiger partial charge on any atom is 0.316 e. The Labute approximate surface area is 141 Å². The number of benzene rings is 1. The Balaban J connectivity index is 2.28. The van der Waals surface area contributed by atoms with Gasteiger partial charge in [-0.2, -0.15) is 0 Å². The lowest BCUT2D eigenvalue weighted by Gasteiger charge is -2.14. The minimum atomic E-state index is -0.949. The molecular formula is C16H13ClN4O3. The van der Waals surface area contributed by atoms with E-state index in [0.717, 1.165) is 0 Å². The van der Waals surface area contributed by atoms with Crippen molar-refractivity contribution < 1.29 is 9.90 Å². The number of carbonyl (C=O) groups excluding carboxylic acids is 1. The van der Waals surface area contributed by atoms with E-state index in [9.17, 15) is 14.7 Å². The lowest BCUT2D eigenvalue weighted by molar-refractivity contribution is 0.259. The summed E-state index contributed by atoms with van der Waals surface area (Å²) in [6.07, 6.45) is 1.51. The lowest BCUT2D eigenvalue weighted by Crippen LogP contribution is -2.29. The minimum absolute atomic E-state index is 0.125. The minimum Gasteiger partial charge on any atom is -0.505 e. The SMILES string of the molecule is NC(=O)Nc1c(O)c2cccnc2n(Cc2ccccc2Cl)c1=O. The summed E-state index contributed by atoms with van der Waals surface area (Å²) in [4.78, 5) is 28.0. The van der Waals surface area contributed by atoms with E-state index in [1.165, 1.54) is 10.8 Å². The van der Waals surface area contributed by atoms with Crippen molar-refractivity contribution in [2.75, 3.05) is 5.32 Å². The van der Waals surface area contributed by atoms with Gasteiger partial charge in [0.15, 0.2) is 11.4 Å². The predicted octanol–water partition coefficient (Wildman–Crippen LogP) is 2.29. The van der Waals surface area contributed by atoms with Crippen molar-refractivity contribution in [3.63, 3.8) is 0 Å². The number of rotatable bonds is 3. The van der Waals surface area contributed by atoms with Gasteiger partial charge in [0.25, 0.3) is 5.56 Å². The molecule has 2 heterocycles. The number of carbonyl (C=O) groups is 1. The maximum absolute atomic E-state index is 12.7. The molecule has 4 N–H and O–H groups in total. The highest BCUT2D eigenvalue weighted by molar-refractivity contribution is 6.31. The molecule has 0 saturated carbocycles. The number of fused-ring (bicyclic) bond motifs is 1. The van der Waals surface area contributed by atoms with Gasteiger partial charge in [-0.1, -0.05) is 29.8 Å². The van der Waals surface area contributed by atoms with Gasteiger partial charge >= 0.3 is 6.03 Å². The molecule has 7 nitrogen and oxygen atoms in total. The van der Waals surface area contributed by atoms with Gasteiger partial charge in [0, 0.05) is 11.2 Å². The molecule has 2 amide bonds. The van der Waals surface area contributed by atoms with E-state index in [4.69, 9.17) is 17.3 Å². The molecule has 0 atom stereocenters. The highest BCUT2D eigenvalue weighted by Crippen LogP contribution is 2.29. The second-order valence-electron chi connectivity index (χ2n) is 5.07. The van der Waals surface area contributed by atoms with Crippen molar-refractivity contribution in [2.24, 2.45) is 5.73 Å². The largest absolute Gasteiger partial charge is 0.505 e. The number of amides is 2. The summed E-state index contributed by atoms with van der Waals surface area (Å²) in [5, 5.41) is 13.2. The fourth-order valence-electron chi connectivity index (χ4n) is 2.44. The number of hydrogen-bond acceptors (Lipinski definition) is 4. The average molecular weight is 345 g/mol. The molecule has 2 aromatic heterocycles. The zero-order valence-corrected chi connectivity index (χ0v) is 13.1. The molecule has 3 aromatic rings. The van der Waals surface area contributed by atoms with Gasteiger partial charge in [0.2, 0.25) is 0 Å². The van der Waals surface area contributed by atoms with Crippen LogP contribution >= 0.6 is 11.6 Å². The molecule has 8 heteroatoms. The first-order valence-electron chi connectivity index (χ1n) is 6.99. The summed E-state index contributed by atoms with van der Waals surface area (Å²) < 4.78 is 1.32. The Bertz CT molecular complexity index is 1000. The second kappa shape index (κ2) is 6.21. The third kappa shape index (κ3) is 2.77. The maximum atomic E-state index is 12.7. The third-order valence-electron chi connectivity index (χ3n) is 3.53. The van der Waals surface area contributed by atoms with Crippen molar-refractivity contribution in [1.82, 2.24) is 9.55 Å². The summed E-state index contributed by atoms with van der Waals surface area (Å²) in [7, 11) is 0. The Hall–Kier alpha value is -3.06. The van der Waals surface area contributed by atoms with Crippen LogP contribution in [0.1, 0.15) is 5.56 Å². The molecular weight excluding hydrogens is 332 g/mol. The zero-order chi connectivity index (χ0) is 17.3. The number of urea groups is 1. The Morgan fingerprint density at radius 1 is 1.29 bits per heavy atom. The van der Waals surface area contributed by atoms with Crippen molar-refractivity contribution in [2.45, 2.75) is 6.54 Å². The van der Waals surface area contributed by atoms with Gasteiger partial charge in [-0.15, -0.1) is 0 Å². The quantitative estimate of drug-likeness (QED) is 0.677. The number of anilines is 1. The van der Waals surface area contributed by atoms with Crippen LogP contribution in [0, 0.1) is 0 Å². The monoisotopic (exact) mass is 344 g/mol. The Kier molecular flexibility index (Phi) is 4.09. The first-order chi connectivity index (χ1) is 11.5. The summed E-state index contributed by atoms with van der Waals surface area (Å²) in [6.45, 7) is 0.125. The lowest BCUT2D eigenvalue weighted by atomic mass is 10.2. The van der Waals surface area contributed by atoms with E-state index in [1.807, 2.05) is 0 Å². The standard InChI is InChI=1S/C16H13ClN4O3/c17-11-6-2-1-4-9(11)8-21-14-10(5-3-7-19-14)13(22)12(15(21)23)20-16(18)24/h1-7,22H,8H2,(H3,18,20,24). The number of nitrogens with two attached hydrogens (primary N) is 1. The van der Waals surface area contributed by atoms with Gasteiger partial charge in [-0.3, -0.25) is 9.36 Å². The molecule has 0 aliphatic rings. The molecule has 0 spiro atoms. The zero-order valence-electron chi connectivity index (χ0n) is 12.4. The van der Waals surface area contributed by atoms with E-state index in [-0.39, 0.29) is 23.6 Å². The molecule has 0 aliphatic heterocycles. The third-order valence-corrected chi connectivity index (χ3v) is 3.90. The predicted molar refractivity (Wildman–Crippen MR) is 91.4 cm³/mol. The van der Waals surface area contributed by atoms with Gasteiger partial charge < -0.3 is 16.2 Å². The second-order valence-corrected chi connectivity index (χ2v) is 5.48. The van der Waals surface area contributed by atoms with Gasteiger partial charge in [0.05, 0.1) is 11.9 Å².